The van der Waals surface area contributed by atoms with E-state index in [1.165, 1.54) is 11.8 Å². The van der Waals surface area contributed by atoms with Crippen molar-refractivity contribution >= 4 is 11.8 Å². The van der Waals surface area contributed by atoms with Crippen LogP contribution < -0.4 is 0 Å². The number of ether oxygens (including phenoxy) is 2. The minimum atomic E-state index is -0.366. The number of hydrogen-bond donors (Lipinski definition) is 0. The predicted molar refractivity (Wildman–Crippen MR) is 74.2 cm³/mol. The van der Waals surface area contributed by atoms with Gasteiger partial charge in [0.1, 0.15) is 0 Å². The Bertz CT molecular complexity index is 544. The molecule has 0 amide bonds. The summed E-state index contributed by atoms with van der Waals surface area (Å²) in [4.78, 5) is 4.35. The minimum absolute atomic E-state index is 0.366. The third-order valence-corrected chi connectivity index (χ3v) is 3.77. The highest BCUT2D eigenvalue weighted by molar-refractivity contribution is 7.98. The fourth-order valence-corrected chi connectivity index (χ4v) is 2.53. The Hall–Kier alpha value is -1.51. The molecule has 0 atom stereocenters. The molecule has 2 rings (SSSR count). The molecule has 0 aliphatic rings. The summed E-state index contributed by atoms with van der Waals surface area (Å²) < 4.78 is 12.0. The maximum atomic E-state index is 5.15. The second-order valence-corrected chi connectivity index (χ2v) is 5.04. The lowest BCUT2D eigenvalue weighted by Gasteiger charge is -2.13. The van der Waals surface area contributed by atoms with Gasteiger partial charge in [-0.15, -0.1) is 5.10 Å². The lowest BCUT2D eigenvalue weighted by atomic mass is 10.2. The standard InChI is InChI=1S/C12H17N5O2S/c1-9-5-4-6-13-10(9)8-20-12-14-15-16-17(12)7-11(18-2)19-3/h4-6,11H,7-8H2,1-3H3. The van der Waals surface area contributed by atoms with Gasteiger partial charge in [-0.2, -0.15) is 0 Å². The zero-order valence-corrected chi connectivity index (χ0v) is 12.5. The van der Waals surface area contributed by atoms with E-state index in [2.05, 4.69) is 20.5 Å². The van der Waals surface area contributed by atoms with E-state index in [0.29, 0.717) is 11.7 Å². The molecule has 0 aliphatic heterocycles. The average molecular weight is 295 g/mol. The van der Waals surface area contributed by atoms with Gasteiger partial charge in [-0.3, -0.25) is 4.98 Å². The van der Waals surface area contributed by atoms with Gasteiger partial charge in [-0.1, -0.05) is 17.8 Å². The lowest BCUT2D eigenvalue weighted by molar-refractivity contribution is -0.113. The van der Waals surface area contributed by atoms with E-state index in [1.54, 1.807) is 25.1 Å². The van der Waals surface area contributed by atoms with Crippen molar-refractivity contribution in [2.24, 2.45) is 0 Å². The number of aromatic nitrogens is 5. The van der Waals surface area contributed by atoms with Crippen LogP contribution in [0.4, 0.5) is 0 Å². The van der Waals surface area contributed by atoms with Gasteiger partial charge in [-0.25, -0.2) is 4.68 Å². The van der Waals surface area contributed by atoms with Gasteiger partial charge in [0.15, 0.2) is 6.29 Å². The van der Waals surface area contributed by atoms with E-state index in [4.69, 9.17) is 9.47 Å². The van der Waals surface area contributed by atoms with Crippen LogP contribution in [0.25, 0.3) is 0 Å². The summed E-state index contributed by atoms with van der Waals surface area (Å²) in [5, 5.41) is 12.4. The molecule has 0 spiro atoms. The highest BCUT2D eigenvalue weighted by Crippen LogP contribution is 2.20. The van der Waals surface area contributed by atoms with E-state index < -0.39 is 0 Å². The Kier molecular flexibility index (Phi) is 5.45. The Labute approximate surface area is 121 Å². The van der Waals surface area contributed by atoms with Crippen LogP contribution in [0.5, 0.6) is 0 Å². The summed E-state index contributed by atoms with van der Waals surface area (Å²) >= 11 is 1.54. The topological polar surface area (TPSA) is 75.0 Å². The first-order chi connectivity index (χ1) is 9.74. The number of aryl methyl sites for hydroxylation is 1. The van der Waals surface area contributed by atoms with Gasteiger partial charge in [0.2, 0.25) is 5.16 Å². The van der Waals surface area contributed by atoms with Crippen molar-refractivity contribution < 1.29 is 9.47 Å². The molecule has 108 valence electrons. The summed E-state index contributed by atoms with van der Waals surface area (Å²) in [6.45, 7) is 2.49. The first kappa shape index (κ1) is 14.9. The molecule has 0 fully saturated rings. The summed E-state index contributed by atoms with van der Waals surface area (Å²) in [6, 6.07) is 3.97. The Morgan fingerprint density at radius 2 is 2.15 bits per heavy atom. The minimum Gasteiger partial charge on any atom is -0.354 e. The van der Waals surface area contributed by atoms with Crippen molar-refractivity contribution in [3.05, 3.63) is 29.6 Å². The van der Waals surface area contributed by atoms with Gasteiger partial charge in [-0.05, 0) is 29.0 Å². The molecular weight excluding hydrogens is 278 g/mol. The van der Waals surface area contributed by atoms with Crippen LogP contribution in [0, 0.1) is 6.92 Å². The summed E-state index contributed by atoms with van der Waals surface area (Å²) in [7, 11) is 3.17. The predicted octanol–water partition coefficient (Wildman–Crippen LogP) is 1.29. The van der Waals surface area contributed by atoms with E-state index in [0.717, 1.165) is 17.0 Å². The highest BCUT2D eigenvalue weighted by atomic mass is 32.2. The van der Waals surface area contributed by atoms with Crippen LogP contribution in [0.2, 0.25) is 0 Å². The molecule has 0 aliphatic carbocycles. The van der Waals surface area contributed by atoms with Crippen LogP contribution in [-0.2, 0) is 21.8 Å². The van der Waals surface area contributed by atoms with Crippen molar-refractivity contribution in [1.29, 1.82) is 0 Å². The van der Waals surface area contributed by atoms with Gasteiger partial charge in [0.05, 0.1) is 12.2 Å². The van der Waals surface area contributed by atoms with Gasteiger partial charge < -0.3 is 9.47 Å². The summed E-state index contributed by atoms with van der Waals surface area (Å²) in [5.41, 5.74) is 2.19. The van der Waals surface area contributed by atoms with Crippen LogP contribution in [0.3, 0.4) is 0 Å². The number of pyridine rings is 1. The fourth-order valence-electron chi connectivity index (χ4n) is 1.60. The van der Waals surface area contributed by atoms with Crippen molar-refractivity contribution in [2.45, 2.75) is 30.7 Å². The lowest BCUT2D eigenvalue weighted by Crippen LogP contribution is -2.21. The first-order valence-corrected chi connectivity index (χ1v) is 7.08. The van der Waals surface area contributed by atoms with Crippen LogP contribution in [0.1, 0.15) is 11.3 Å². The van der Waals surface area contributed by atoms with Gasteiger partial charge >= 0.3 is 0 Å². The van der Waals surface area contributed by atoms with E-state index in [1.807, 2.05) is 19.1 Å². The smallest absolute Gasteiger partial charge is 0.209 e. The Balaban J connectivity index is 2.00. The SMILES string of the molecule is COC(Cn1nnnc1SCc1ncccc1C)OC. The zero-order valence-electron chi connectivity index (χ0n) is 11.7. The van der Waals surface area contributed by atoms with E-state index in [-0.39, 0.29) is 6.29 Å². The number of thioether (sulfide) groups is 1. The van der Waals surface area contributed by atoms with Crippen molar-refractivity contribution in [1.82, 2.24) is 25.2 Å². The average Bonchev–Trinajstić information content (AvgIpc) is 2.91. The first-order valence-electron chi connectivity index (χ1n) is 6.09. The molecule has 8 heteroatoms. The molecule has 0 radical (unpaired) electrons. The molecule has 0 saturated heterocycles. The third kappa shape index (κ3) is 3.75. The van der Waals surface area contributed by atoms with Crippen LogP contribution in [-0.4, -0.2) is 45.7 Å². The van der Waals surface area contributed by atoms with Crippen molar-refractivity contribution in [2.75, 3.05) is 14.2 Å². The highest BCUT2D eigenvalue weighted by Gasteiger charge is 2.13. The normalized spacial score (nSPS) is 11.2. The summed E-state index contributed by atoms with van der Waals surface area (Å²) in [5.74, 6) is 0.720. The van der Waals surface area contributed by atoms with Crippen LogP contribution >= 0.6 is 11.8 Å². The molecule has 2 heterocycles. The molecule has 0 aromatic carbocycles. The second-order valence-electron chi connectivity index (χ2n) is 4.10. The monoisotopic (exact) mass is 295 g/mol. The maximum Gasteiger partial charge on any atom is 0.209 e. The fraction of sp³-hybridized carbons (Fsp3) is 0.500. The molecule has 0 unspecified atom stereocenters. The molecule has 20 heavy (non-hydrogen) atoms. The van der Waals surface area contributed by atoms with Gasteiger partial charge in [0, 0.05) is 26.2 Å². The largest absolute Gasteiger partial charge is 0.354 e. The Morgan fingerprint density at radius 3 is 2.85 bits per heavy atom. The van der Waals surface area contributed by atoms with Gasteiger partial charge in [0.25, 0.3) is 0 Å². The molecular formula is C12H17N5O2S. The molecule has 0 saturated carbocycles. The Morgan fingerprint density at radius 1 is 1.35 bits per heavy atom. The zero-order chi connectivity index (χ0) is 14.4. The second kappa shape index (κ2) is 7.32. The number of methoxy groups -OCH3 is 2. The molecule has 2 aromatic rings. The summed E-state index contributed by atoms with van der Waals surface area (Å²) in [6.07, 6.45) is 1.42. The molecule has 7 nitrogen and oxygen atoms in total. The van der Waals surface area contributed by atoms with Crippen molar-refractivity contribution in [3.8, 4) is 0 Å². The third-order valence-electron chi connectivity index (χ3n) is 2.80. The number of hydrogen-bond acceptors (Lipinski definition) is 7. The quantitative estimate of drug-likeness (QED) is 0.562. The van der Waals surface area contributed by atoms with Crippen molar-refractivity contribution in [3.63, 3.8) is 0 Å². The number of tetrazole rings is 1. The van der Waals surface area contributed by atoms with Crippen LogP contribution in [0.15, 0.2) is 23.5 Å². The molecule has 0 bridgehead atoms. The number of nitrogens with zero attached hydrogens (tertiary/aromatic N) is 5. The van der Waals surface area contributed by atoms with E-state index >= 15 is 0 Å². The molecule has 2 aromatic heterocycles. The number of rotatable bonds is 7. The molecule has 0 N–H and O–H groups in total. The maximum absolute atomic E-state index is 5.15. The van der Waals surface area contributed by atoms with E-state index in [9.17, 15) is 0 Å².